The Morgan fingerprint density at radius 3 is 2.90 bits per heavy atom. The quantitative estimate of drug-likeness (QED) is 0.709. The molecular weight excluding hydrogens is 278 g/mol. The van der Waals surface area contributed by atoms with Gasteiger partial charge in [0, 0.05) is 13.0 Å². The maximum Gasteiger partial charge on any atom is 0.238 e. The lowest BCUT2D eigenvalue weighted by Crippen LogP contribution is -2.26. The summed E-state index contributed by atoms with van der Waals surface area (Å²) < 4.78 is 22.5. The fourth-order valence-electron chi connectivity index (χ4n) is 2.26. The van der Waals surface area contributed by atoms with E-state index in [4.69, 9.17) is 5.14 Å². The van der Waals surface area contributed by atoms with Crippen molar-refractivity contribution in [3.05, 3.63) is 29.8 Å². The van der Waals surface area contributed by atoms with Gasteiger partial charge >= 0.3 is 0 Å². The van der Waals surface area contributed by atoms with E-state index in [-0.39, 0.29) is 10.8 Å². The Kier molecular flexibility index (Phi) is 4.74. The van der Waals surface area contributed by atoms with Gasteiger partial charge in [0.2, 0.25) is 15.9 Å². The molecule has 6 nitrogen and oxygen atoms in total. The molecule has 0 radical (unpaired) electrons. The van der Waals surface area contributed by atoms with Gasteiger partial charge in [0.05, 0.1) is 4.90 Å². The number of sulfonamides is 1. The van der Waals surface area contributed by atoms with E-state index >= 15 is 0 Å². The van der Waals surface area contributed by atoms with Crippen molar-refractivity contribution < 1.29 is 13.2 Å². The number of carbonyl (C=O) groups excluding carboxylic acids is 1. The second-order valence-electron chi connectivity index (χ2n) is 5.03. The van der Waals surface area contributed by atoms with Crippen LogP contribution in [0.2, 0.25) is 0 Å². The highest BCUT2D eigenvalue weighted by molar-refractivity contribution is 7.89. The molecule has 1 saturated heterocycles. The van der Waals surface area contributed by atoms with Gasteiger partial charge in [-0.15, -0.1) is 0 Å². The molecule has 1 heterocycles. The van der Waals surface area contributed by atoms with Crippen LogP contribution in [0.5, 0.6) is 0 Å². The first-order valence-electron chi connectivity index (χ1n) is 6.54. The predicted molar refractivity (Wildman–Crippen MR) is 75.3 cm³/mol. The number of amides is 1. The highest BCUT2D eigenvalue weighted by atomic mass is 32.2. The fraction of sp³-hybridized carbons (Fsp3) is 0.462. The maximum atomic E-state index is 11.8. The number of nitrogens with one attached hydrogen (secondary N) is 2. The summed E-state index contributed by atoms with van der Waals surface area (Å²) in [6, 6.07) is 6.28. The molecule has 2 rings (SSSR count). The van der Waals surface area contributed by atoms with E-state index in [9.17, 15) is 13.2 Å². The number of rotatable bonds is 5. The molecule has 110 valence electrons. The maximum absolute atomic E-state index is 11.8. The minimum Gasteiger partial charge on any atom is -0.352 e. The van der Waals surface area contributed by atoms with Gasteiger partial charge in [0.15, 0.2) is 0 Å². The van der Waals surface area contributed by atoms with Gasteiger partial charge in [-0.3, -0.25) is 4.79 Å². The van der Waals surface area contributed by atoms with Crippen molar-refractivity contribution in [1.29, 1.82) is 0 Å². The SMILES string of the molecule is NS(=O)(=O)c1cccc(CNC(=O)CC2CCNC2)c1. The zero-order valence-corrected chi connectivity index (χ0v) is 11.9. The standard InChI is InChI=1S/C13H19N3O3S/c14-20(18,19)12-3-1-2-10(6-12)9-16-13(17)7-11-4-5-15-8-11/h1-3,6,11,15H,4-5,7-9H2,(H,16,17)(H2,14,18,19). The molecule has 7 heteroatoms. The Morgan fingerprint density at radius 2 is 2.25 bits per heavy atom. The van der Waals surface area contributed by atoms with E-state index in [1.54, 1.807) is 12.1 Å². The molecule has 1 aromatic carbocycles. The summed E-state index contributed by atoms with van der Waals surface area (Å²) in [6.45, 7) is 2.16. The van der Waals surface area contributed by atoms with Crippen LogP contribution >= 0.6 is 0 Å². The third kappa shape index (κ3) is 4.29. The van der Waals surface area contributed by atoms with Gasteiger partial charge < -0.3 is 10.6 Å². The van der Waals surface area contributed by atoms with E-state index in [1.165, 1.54) is 12.1 Å². The molecule has 1 fully saturated rings. The number of primary sulfonamides is 1. The van der Waals surface area contributed by atoms with Gasteiger partial charge in [-0.05, 0) is 43.1 Å². The average molecular weight is 297 g/mol. The van der Waals surface area contributed by atoms with Crippen molar-refractivity contribution in [1.82, 2.24) is 10.6 Å². The lowest BCUT2D eigenvalue weighted by atomic mass is 10.0. The average Bonchev–Trinajstić information content (AvgIpc) is 2.88. The topological polar surface area (TPSA) is 101 Å². The third-order valence-electron chi connectivity index (χ3n) is 3.35. The van der Waals surface area contributed by atoms with Crippen LogP contribution in [0.3, 0.4) is 0 Å². The largest absolute Gasteiger partial charge is 0.352 e. The molecule has 0 spiro atoms. The zero-order valence-electron chi connectivity index (χ0n) is 11.1. The van der Waals surface area contributed by atoms with Crippen molar-refractivity contribution in [2.75, 3.05) is 13.1 Å². The number of carbonyl (C=O) groups is 1. The molecule has 0 bridgehead atoms. The molecule has 1 aliphatic rings. The number of hydrogen-bond donors (Lipinski definition) is 3. The van der Waals surface area contributed by atoms with Crippen molar-refractivity contribution in [3.8, 4) is 0 Å². The Balaban J connectivity index is 1.88. The second kappa shape index (κ2) is 6.34. The molecule has 20 heavy (non-hydrogen) atoms. The predicted octanol–water partition coefficient (Wildman–Crippen LogP) is -0.0502. The Bertz CT molecular complexity index is 580. The molecule has 0 saturated carbocycles. The van der Waals surface area contributed by atoms with Crippen LogP contribution in [-0.4, -0.2) is 27.4 Å². The first-order valence-corrected chi connectivity index (χ1v) is 8.09. The molecule has 1 aromatic rings. The first kappa shape index (κ1) is 15.0. The van der Waals surface area contributed by atoms with Crippen molar-refractivity contribution in [2.24, 2.45) is 11.1 Å². The van der Waals surface area contributed by atoms with Gasteiger partial charge in [0.1, 0.15) is 0 Å². The highest BCUT2D eigenvalue weighted by Crippen LogP contribution is 2.12. The summed E-state index contributed by atoms with van der Waals surface area (Å²) in [5, 5.41) is 11.1. The van der Waals surface area contributed by atoms with Gasteiger partial charge in [-0.2, -0.15) is 0 Å². The summed E-state index contributed by atoms with van der Waals surface area (Å²) in [6.07, 6.45) is 1.52. The van der Waals surface area contributed by atoms with Crippen LogP contribution in [0, 0.1) is 5.92 Å². The van der Waals surface area contributed by atoms with Crippen LogP contribution in [-0.2, 0) is 21.4 Å². The molecule has 0 aromatic heterocycles. The molecule has 4 N–H and O–H groups in total. The normalized spacial score (nSPS) is 18.9. The summed E-state index contributed by atoms with van der Waals surface area (Å²) >= 11 is 0. The smallest absolute Gasteiger partial charge is 0.238 e. The van der Waals surface area contributed by atoms with E-state index in [1.807, 2.05) is 0 Å². The molecule has 0 aliphatic carbocycles. The van der Waals surface area contributed by atoms with Crippen LogP contribution in [0.4, 0.5) is 0 Å². The lowest BCUT2D eigenvalue weighted by Gasteiger charge is -2.09. The van der Waals surface area contributed by atoms with Crippen LogP contribution in [0.1, 0.15) is 18.4 Å². The third-order valence-corrected chi connectivity index (χ3v) is 4.26. The summed E-state index contributed by atoms with van der Waals surface area (Å²) in [5.41, 5.74) is 0.717. The van der Waals surface area contributed by atoms with E-state index in [2.05, 4.69) is 10.6 Å². The lowest BCUT2D eigenvalue weighted by molar-refractivity contribution is -0.122. The minimum absolute atomic E-state index is 0.0142. The number of nitrogens with two attached hydrogens (primary N) is 1. The Hall–Kier alpha value is -1.44. The fourth-order valence-corrected chi connectivity index (χ4v) is 2.84. The molecule has 1 amide bonds. The zero-order chi connectivity index (χ0) is 14.6. The highest BCUT2D eigenvalue weighted by Gasteiger charge is 2.17. The van der Waals surface area contributed by atoms with Gasteiger partial charge in [0.25, 0.3) is 0 Å². The first-order chi connectivity index (χ1) is 9.45. The van der Waals surface area contributed by atoms with Crippen LogP contribution < -0.4 is 15.8 Å². The van der Waals surface area contributed by atoms with Gasteiger partial charge in [-0.1, -0.05) is 12.1 Å². The summed E-state index contributed by atoms with van der Waals surface area (Å²) in [5.74, 6) is 0.380. The summed E-state index contributed by atoms with van der Waals surface area (Å²) in [4.78, 5) is 11.8. The second-order valence-corrected chi connectivity index (χ2v) is 6.59. The molecule has 1 atom stereocenters. The van der Waals surface area contributed by atoms with Crippen LogP contribution in [0.15, 0.2) is 29.2 Å². The number of hydrogen-bond acceptors (Lipinski definition) is 4. The van der Waals surface area contributed by atoms with Crippen molar-refractivity contribution in [3.63, 3.8) is 0 Å². The Labute approximate surface area is 118 Å². The molecule has 1 unspecified atom stereocenters. The van der Waals surface area contributed by atoms with Gasteiger partial charge in [-0.25, -0.2) is 13.6 Å². The molecule has 1 aliphatic heterocycles. The minimum atomic E-state index is -3.70. The van der Waals surface area contributed by atoms with E-state index in [0.717, 1.165) is 25.1 Å². The summed E-state index contributed by atoms with van der Waals surface area (Å²) in [7, 11) is -3.70. The molecular formula is C13H19N3O3S. The van der Waals surface area contributed by atoms with Crippen LogP contribution in [0.25, 0.3) is 0 Å². The van der Waals surface area contributed by atoms with E-state index < -0.39 is 10.0 Å². The number of benzene rings is 1. The monoisotopic (exact) mass is 297 g/mol. The van der Waals surface area contributed by atoms with Crippen molar-refractivity contribution >= 4 is 15.9 Å². The Morgan fingerprint density at radius 1 is 1.45 bits per heavy atom. The van der Waals surface area contributed by atoms with E-state index in [0.29, 0.717) is 18.9 Å². The van der Waals surface area contributed by atoms with Crippen molar-refractivity contribution in [2.45, 2.75) is 24.3 Å².